The van der Waals surface area contributed by atoms with Gasteiger partial charge in [0.15, 0.2) is 0 Å². The molecule has 0 saturated carbocycles. The number of hydrogen-bond acceptors (Lipinski definition) is 2. The summed E-state index contributed by atoms with van der Waals surface area (Å²) >= 11 is 0. The lowest BCUT2D eigenvalue weighted by Gasteiger charge is -2.30. The molecule has 0 aliphatic heterocycles. The summed E-state index contributed by atoms with van der Waals surface area (Å²) in [4.78, 5) is 22.5. The van der Waals surface area contributed by atoms with Crippen molar-refractivity contribution in [2.75, 3.05) is 13.1 Å². The second kappa shape index (κ2) is 6.41. The molecule has 3 N–H and O–H groups in total. The molecule has 0 fully saturated rings. The Kier molecular flexibility index (Phi) is 4.61. The highest BCUT2D eigenvalue weighted by molar-refractivity contribution is 5.75. The Hall–Kier alpha value is -2.04. The average Bonchev–Trinajstić information content (AvgIpc) is 2.40. The van der Waals surface area contributed by atoms with Crippen molar-refractivity contribution in [1.29, 1.82) is 0 Å². The number of benzene rings is 1. The summed E-state index contributed by atoms with van der Waals surface area (Å²) in [5.74, 6) is -1.02. The minimum absolute atomic E-state index is 0.166. The topological polar surface area (TPSA) is 78.4 Å². The summed E-state index contributed by atoms with van der Waals surface area (Å²) < 4.78 is 0. The molecule has 0 spiro atoms. The second-order valence-electron chi connectivity index (χ2n) is 5.13. The summed E-state index contributed by atoms with van der Waals surface area (Å²) in [6.45, 7) is 2.55. The van der Waals surface area contributed by atoms with Crippen LogP contribution in [0.3, 0.4) is 0 Å². The van der Waals surface area contributed by atoms with Crippen LogP contribution in [0.4, 0.5) is 4.79 Å². The Balaban J connectivity index is 1.70. The fourth-order valence-corrected chi connectivity index (χ4v) is 2.45. The second-order valence-corrected chi connectivity index (χ2v) is 5.13. The SMILES string of the molecule is CCC(CNC(=O)NCC1Cc2ccccc21)C(=O)O. The van der Waals surface area contributed by atoms with Crippen LogP contribution in [0, 0.1) is 5.92 Å². The highest BCUT2D eigenvalue weighted by Crippen LogP contribution is 2.33. The molecule has 1 aliphatic carbocycles. The lowest BCUT2D eigenvalue weighted by atomic mass is 9.78. The van der Waals surface area contributed by atoms with Gasteiger partial charge >= 0.3 is 12.0 Å². The molecule has 2 rings (SSSR count). The fraction of sp³-hybridized carbons (Fsp3) is 0.467. The number of carbonyl (C=O) groups is 2. The normalized spacial score (nSPS) is 17.6. The Morgan fingerprint density at radius 1 is 1.35 bits per heavy atom. The van der Waals surface area contributed by atoms with Gasteiger partial charge in [-0.25, -0.2) is 4.79 Å². The first-order chi connectivity index (χ1) is 9.61. The van der Waals surface area contributed by atoms with Gasteiger partial charge in [-0.3, -0.25) is 4.79 Å². The van der Waals surface area contributed by atoms with E-state index in [1.165, 1.54) is 11.1 Å². The van der Waals surface area contributed by atoms with E-state index >= 15 is 0 Å². The van der Waals surface area contributed by atoms with E-state index in [1.54, 1.807) is 6.92 Å². The number of carboxylic acids is 1. The van der Waals surface area contributed by atoms with Crippen LogP contribution >= 0.6 is 0 Å². The number of amides is 2. The van der Waals surface area contributed by atoms with Gasteiger partial charge in [-0.1, -0.05) is 31.2 Å². The van der Waals surface area contributed by atoms with Crippen LogP contribution in [0.5, 0.6) is 0 Å². The van der Waals surface area contributed by atoms with Crippen LogP contribution in [-0.4, -0.2) is 30.2 Å². The first-order valence-electron chi connectivity index (χ1n) is 6.94. The predicted octanol–water partition coefficient (Wildman–Crippen LogP) is 1.74. The monoisotopic (exact) mass is 276 g/mol. The molecule has 5 heteroatoms. The standard InChI is InChI=1S/C15H20N2O3/c1-2-10(14(18)19)8-16-15(20)17-9-12-7-11-5-3-4-6-13(11)12/h3-6,10,12H,2,7-9H2,1H3,(H,18,19)(H2,16,17,20). The fourth-order valence-electron chi connectivity index (χ4n) is 2.45. The number of carboxylic acid groups (broad SMARTS) is 1. The highest BCUT2D eigenvalue weighted by Gasteiger charge is 2.25. The van der Waals surface area contributed by atoms with E-state index < -0.39 is 11.9 Å². The molecule has 0 radical (unpaired) electrons. The molecule has 2 amide bonds. The molecule has 2 atom stereocenters. The third-order valence-corrected chi connectivity index (χ3v) is 3.82. The summed E-state index contributed by atoms with van der Waals surface area (Å²) in [5, 5.41) is 14.3. The maximum absolute atomic E-state index is 11.6. The van der Waals surface area contributed by atoms with Crippen molar-refractivity contribution >= 4 is 12.0 Å². The van der Waals surface area contributed by atoms with Crippen LogP contribution in [0.25, 0.3) is 0 Å². The molecule has 1 aromatic rings. The first-order valence-corrected chi connectivity index (χ1v) is 6.94. The zero-order valence-corrected chi connectivity index (χ0v) is 11.6. The molecule has 5 nitrogen and oxygen atoms in total. The molecule has 0 bridgehead atoms. The molecule has 1 aliphatic rings. The van der Waals surface area contributed by atoms with Crippen molar-refractivity contribution in [2.24, 2.45) is 5.92 Å². The van der Waals surface area contributed by atoms with Gasteiger partial charge in [0.05, 0.1) is 5.92 Å². The number of nitrogens with one attached hydrogen (secondary N) is 2. The molecule has 108 valence electrons. The number of aliphatic carboxylic acids is 1. The largest absolute Gasteiger partial charge is 0.481 e. The summed E-state index contributed by atoms with van der Waals surface area (Å²) in [5.41, 5.74) is 2.64. The van der Waals surface area contributed by atoms with Crippen molar-refractivity contribution in [1.82, 2.24) is 10.6 Å². The van der Waals surface area contributed by atoms with E-state index in [-0.39, 0.29) is 12.6 Å². The van der Waals surface area contributed by atoms with Gasteiger partial charge in [0.25, 0.3) is 0 Å². The van der Waals surface area contributed by atoms with Crippen LogP contribution in [0.2, 0.25) is 0 Å². The molecule has 0 aromatic heterocycles. The van der Waals surface area contributed by atoms with Crippen molar-refractivity contribution in [2.45, 2.75) is 25.7 Å². The van der Waals surface area contributed by atoms with E-state index in [1.807, 2.05) is 12.1 Å². The predicted molar refractivity (Wildman–Crippen MR) is 75.7 cm³/mol. The van der Waals surface area contributed by atoms with Gasteiger partial charge in [0.2, 0.25) is 0 Å². The zero-order valence-electron chi connectivity index (χ0n) is 11.6. The van der Waals surface area contributed by atoms with Gasteiger partial charge in [-0.15, -0.1) is 0 Å². The summed E-state index contributed by atoms with van der Waals surface area (Å²) in [6, 6.07) is 7.91. The third-order valence-electron chi connectivity index (χ3n) is 3.82. The summed E-state index contributed by atoms with van der Waals surface area (Å²) in [7, 11) is 0. The smallest absolute Gasteiger partial charge is 0.314 e. The van der Waals surface area contributed by atoms with Crippen LogP contribution in [0.1, 0.15) is 30.4 Å². The van der Waals surface area contributed by atoms with Crippen LogP contribution < -0.4 is 10.6 Å². The van der Waals surface area contributed by atoms with Crippen molar-refractivity contribution < 1.29 is 14.7 Å². The zero-order chi connectivity index (χ0) is 14.5. The third kappa shape index (κ3) is 3.29. The van der Waals surface area contributed by atoms with Crippen molar-refractivity contribution in [3.63, 3.8) is 0 Å². The minimum Gasteiger partial charge on any atom is -0.481 e. The number of hydrogen-bond donors (Lipinski definition) is 3. The number of carbonyl (C=O) groups excluding carboxylic acids is 1. The van der Waals surface area contributed by atoms with E-state index in [0.29, 0.717) is 18.9 Å². The van der Waals surface area contributed by atoms with E-state index in [2.05, 4.69) is 22.8 Å². The Labute approximate surface area is 118 Å². The molecule has 20 heavy (non-hydrogen) atoms. The maximum atomic E-state index is 11.6. The molecule has 0 saturated heterocycles. The molecule has 2 unspecified atom stereocenters. The first kappa shape index (κ1) is 14.4. The molecular formula is C15H20N2O3. The Bertz CT molecular complexity index is 502. The van der Waals surface area contributed by atoms with Gasteiger partial charge in [-0.05, 0) is 24.0 Å². The van der Waals surface area contributed by atoms with Crippen LogP contribution in [-0.2, 0) is 11.2 Å². The highest BCUT2D eigenvalue weighted by atomic mass is 16.4. The minimum atomic E-state index is -0.874. The maximum Gasteiger partial charge on any atom is 0.314 e. The Morgan fingerprint density at radius 2 is 2.10 bits per heavy atom. The van der Waals surface area contributed by atoms with Crippen molar-refractivity contribution in [3.05, 3.63) is 35.4 Å². The average molecular weight is 276 g/mol. The van der Waals surface area contributed by atoms with Gasteiger partial charge < -0.3 is 15.7 Å². The van der Waals surface area contributed by atoms with E-state index in [4.69, 9.17) is 5.11 Å². The van der Waals surface area contributed by atoms with Crippen LogP contribution in [0.15, 0.2) is 24.3 Å². The number of fused-ring (bicyclic) bond motifs is 1. The van der Waals surface area contributed by atoms with Gasteiger partial charge in [0, 0.05) is 19.0 Å². The van der Waals surface area contributed by atoms with E-state index in [0.717, 1.165) is 6.42 Å². The molecule has 1 aromatic carbocycles. The number of urea groups is 1. The van der Waals surface area contributed by atoms with E-state index in [9.17, 15) is 9.59 Å². The van der Waals surface area contributed by atoms with Gasteiger partial charge in [-0.2, -0.15) is 0 Å². The lowest BCUT2D eigenvalue weighted by molar-refractivity contribution is -0.141. The molecular weight excluding hydrogens is 256 g/mol. The van der Waals surface area contributed by atoms with Gasteiger partial charge in [0.1, 0.15) is 0 Å². The summed E-state index contributed by atoms with van der Waals surface area (Å²) in [6.07, 6.45) is 1.49. The van der Waals surface area contributed by atoms with Crippen molar-refractivity contribution in [3.8, 4) is 0 Å². The quantitative estimate of drug-likeness (QED) is 0.740. The number of rotatable bonds is 6. The molecule has 0 heterocycles. The lowest BCUT2D eigenvalue weighted by Crippen LogP contribution is -2.42. The Morgan fingerprint density at radius 3 is 2.75 bits per heavy atom.